The van der Waals surface area contributed by atoms with Crippen LogP contribution in [0.15, 0.2) is 42.5 Å². The molecule has 0 bridgehead atoms. The first kappa shape index (κ1) is 26.2. The zero-order valence-electron chi connectivity index (χ0n) is 19.7. The van der Waals surface area contributed by atoms with Crippen molar-refractivity contribution in [2.75, 3.05) is 26.3 Å². The number of amides is 1. The van der Waals surface area contributed by atoms with Crippen molar-refractivity contribution >= 4 is 5.91 Å². The van der Waals surface area contributed by atoms with E-state index in [-0.39, 0.29) is 31.6 Å². The Kier molecular flexibility index (Phi) is 9.95. The second kappa shape index (κ2) is 12.9. The van der Waals surface area contributed by atoms with Crippen molar-refractivity contribution in [3.05, 3.63) is 70.8 Å². The van der Waals surface area contributed by atoms with Gasteiger partial charge in [-0.3, -0.25) is 4.79 Å². The average molecular weight is 477 g/mol. The highest BCUT2D eigenvalue weighted by atomic mass is 19.1. The quantitative estimate of drug-likeness (QED) is 0.411. The van der Waals surface area contributed by atoms with Gasteiger partial charge < -0.3 is 25.2 Å². The number of benzene rings is 2. The Labute approximate surface area is 199 Å². The maximum atomic E-state index is 13.7. The van der Waals surface area contributed by atoms with Gasteiger partial charge in [-0.05, 0) is 41.2 Å². The van der Waals surface area contributed by atoms with E-state index in [1.807, 2.05) is 24.3 Å². The van der Waals surface area contributed by atoms with Crippen molar-refractivity contribution in [2.45, 2.75) is 57.5 Å². The molecule has 1 amide bonds. The molecule has 2 atom stereocenters. The van der Waals surface area contributed by atoms with Gasteiger partial charge in [0.2, 0.25) is 5.91 Å². The molecule has 6 nitrogen and oxygen atoms in total. The third kappa shape index (κ3) is 8.43. The molecule has 1 aliphatic heterocycles. The largest absolute Gasteiger partial charge is 0.390 e. The summed E-state index contributed by atoms with van der Waals surface area (Å²) in [7, 11) is 0. The second-order valence-corrected chi connectivity index (χ2v) is 8.96. The third-order valence-corrected chi connectivity index (χ3v) is 5.80. The predicted octanol–water partition coefficient (Wildman–Crippen LogP) is 3.07. The molecule has 2 aromatic carbocycles. The number of carbonyl (C=O) groups excluding carboxylic acids is 1. The summed E-state index contributed by atoms with van der Waals surface area (Å²) in [4.78, 5) is 12.8. The van der Waals surface area contributed by atoms with E-state index < -0.39 is 23.8 Å². The fourth-order valence-electron chi connectivity index (χ4n) is 3.92. The summed E-state index contributed by atoms with van der Waals surface area (Å²) in [5, 5.41) is 16.8. The van der Waals surface area contributed by atoms with Crippen molar-refractivity contribution in [3.63, 3.8) is 0 Å². The highest BCUT2D eigenvalue weighted by Crippen LogP contribution is 2.16. The Morgan fingerprint density at radius 2 is 1.71 bits per heavy atom. The molecule has 34 heavy (non-hydrogen) atoms. The number of carbonyl (C=O) groups is 1. The standard InChI is InChI=1S/C26H34F2N2O4/c1-17(2)20-5-3-18(4-6-20)14-25(32)30-23(13-19-11-21(27)15-22(28)12-19)24(31)16-29-8-7-26-33-9-10-34-26/h3-6,11-12,15,17,23-24,26,29,31H,7-10,13-14,16H2,1-2H3,(H,30,32)/t23-,24+/m0/s1. The first-order valence-corrected chi connectivity index (χ1v) is 11.8. The van der Waals surface area contributed by atoms with Crippen LogP contribution in [-0.2, 0) is 27.1 Å². The molecular formula is C26H34F2N2O4. The van der Waals surface area contributed by atoms with Crippen LogP contribution in [0.3, 0.4) is 0 Å². The molecule has 186 valence electrons. The van der Waals surface area contributed by atoms with Crippen LogP contribution in [0, 0.1) is 11.6 Å². The molecule has 0 radical (unpaired) electrons. The van der Waals surface area contributed by atoms with Gasteiger partial charge in [0.1, 0.15) is 11.6 Å². The smallest absolute Gasteiger partial charge is 0.224 e. The summed E-state index contributed by atoms with van der Waals surface area (Å²) in [6.07, 6.45) is -0.361. The van der Waals surface area contributed by atoms with Gasteiger partial charge in [0.05, 0.1) is 31.8 Å². The monoisotopic (exact) mass is 476 g/mol. The Balaban J connectivity index is 1.60. The number of hydrogen-bond acceptors (Lipinski definition) is 5. The lowest BCUT2D eigenvalue weighted by Crippen LogP contribution is -2.49. The van der Waals surface area contributed by atoms with E-state index in [2.05, 4.69) is 24.5 Å². The average Bonchev–Trinajstić information content (AvgIpc) is 3.29. The van der Waals surface area contributed by atoms with Crippen LogP contribution in [0.5, 0.6) is 0 Å². The van der Waals surface area contributed by atoms with Crippen LogP contribution >= 0.6 is 0 Å². The van der Waals surface area contributed by atoms with Gasteiger partial charge in [-0.15, -0.1) is 0 Å². The van der Waals surface area contributed by atoms with Gasteiger partial charge in [0.15, 0.2) is 6.29 Å². The van der Waals surface area contributed by atoms with Gasteiger partial charge in [-0.25, -0.2) is 8.78 Å². The molecule has 0 spiro atoms. The minimum atomic E-state index is -0.969. The Bertz CT molecular complexity index is 897. The number of ether oxygens (including phenoxy) is 2. The first-order valence-electron chi connectivity index (χ1n) is 11.8. The summed E-state index contributed by atoms with van der Waals surface area (Å²) in [5.41, 5.74) is 2.39. The molecule has 2 aromatic rings. The van der Waals surface area contributed by atoms with E-state index in [1.165, 1.54) is 17.7 Å². The van der Waals surface area contributed by atoms with Gasteiger partial charge in [0, 0.05) is 25.6 Å². The molecule has 0 aliphatic carbocycles. The Morgan fingerprint density at radius 3 is 2.32 bits per heavy atom. The summed E-state index contributed by atoms with van der Waals surface area (Å²) in [5.74, 6) is -1.27. The van der Waals surface area contributed by atoms with E-state index in [4.69, 9.17) is 9.47 Å². The molecule has 1 saturated heterocycles. The SMILES string of the molecule is CC(C)c1ccc(CC(=O)N[C@@H](Cc2cc(F)cc(F)c2)[C@H](O)CNCCC2OCCO2)cc1. The molecule has 1 heterocycles. The number of rotatable bonds is 12. The fraction of sp³-hybridized carbons (Fsp3) is 0.500. The van der Waals surface area contributed by atoms with Gasteiger partial charge in [-0.1, -0.05) is 38.1 Å². The number of aliphatic hydroxyl groups is 1. The summed E-state index contributed by atoms with van der Waals surface area (Å²) < 4.78 is 38.1. The molecule has 3 N–H and O–H groups in total. The molecule has 0 unspecified atom stereocenters. The summed E-state index contributed by atoms with van der Waals surface area (Å²) >= 11 is 0. The molecule has 8 heteroatoms. The fourth-order valence-corrected chi connectivity index (χ4v) is 3.92. The number of halogens is 2. The van der Waals surface area contributed by atoms with E-state index in [9.17, 15) is 18.7 Å². The highest BCUT2D eigenvalue weighted by molar-refractivity contribution is 5.79. The first-order chi connectivity index (χ1) is 16.3. The Hall–Kier alpha value is -2.39. The molecule has 0 aromatic heterocycles. The lowest BCUT2D eigenvalue weighted by atomic mass is 9.99. The van der Waals surface area contributed by atoms with Crippen LogP contribution in [0.4, 0.5) is 8.78 Å². The van der Waals surface area contributed by atoms with E-state index in [0.717, 1.165) is 11.6 Å². The van der Waals surface area contributed by atoms with Gasteiger partial charge in [0.25, 0.3) is 0 Å². The zero-order valence-corrected chi connectivity index (χ0v) is 19.7. The lowest BCUT2D eigenvalue weighted by molar-refractivity contribution is -0.122. The minimum absolute atomic E-state index is 0.0877. The van der Waals surface area contributed by atoms with Crippen LogP contribution in [0.25, 0.3) is 0 Å². The third-order valence-electron chi connectivity index (χ3n) is 5.80. The van der Waals surface area contributed by atoms with E-state index in [0.29, 0.717) is 37.7 Å². The van der Waals surface area contributed by atoms with E-state index >= 15 is 0 Å². The van der Waals surface area contributed by atoms with E-state index in [1.54, 1.807) is 0 Å². The van der Waals surface area contributed by atoms with Gasteiger partial charge >= 0.3 is 0 Å². The van der Waals surface area contributed by atoms with Crippen molar-refractivity contribution in [1.29, 1.82) is 0 Å². The second-order valence-electron chi connectivity index (χ2n) is 8.96. The molecule has 3 rings (SSSR count). The zero-order chi connectivity index (χ0) is 24.5. The summed E-state index contributed by atoms with van der Waals surface area (Å²) in [6.45, 7) is 6.10. The minimum Gasteiger partial charge on any atom is -0.390 e. The molecular weight excluding hydrogens is 442 g/mol. The normalized spacial score (nSPS) is 16.1. The Morgan fingerprint density at radius 1 is 1.06 bits per heavy atom. The van der Waals surface area contributed by atoms with Crippen LogP contribution in [-0.4, -0.2) is 55.8 Å². The highest BCUT2D eigenvalue weighted by Gasteiger charge is 2.23. The topological polar surface area (TPSA) is 79.8 Å². The number of nitrogens with one attached hydrogen (secondary N) is 2. The summed E-state index contributed by atoms with van der Waals surface area (Å²) in [6, 6.07) is 10.3. The van der Waals surface area contributed by atoms with Crippen LogP contribution in [0.2, 0.25) is 0 Å². The molecule has 0 saturated carbocycles. The van der Waals surface area contributed by atoms with Crippen molar-refractivity contribution < 1.29 is 28.2 Å². The molecule has 1 fully saturated rings. The van der Waals surface area contributed by atoms with Crippen molar-refractivity contribution in [2.24, 2.45) is 0 Å². The van der Waals surface area contributed by atoms with Crippen molar-refractivity contribution in [3.8, 4) is 0 Å². The lowest BCUT2D eigenvalue weighted by Gasteiger charge is -2.25. The van der Waals surface area contributed by atoms with Crippen LogP contribution < -0.4 is 10.6 Å². The van der Waals surface area contributed by atoms with Crippen molar-refractivity contribution in [1.82, 2.24) is 10.6 Å². The maximum absolute atomic E-state index is 13.7. The van der Waals surface area contributed by atoms with Gasteiger partial charge in [-0.2, -0.15) is 0 Å². The predicted molar refractivity (Wildman–Crippen MR) is 125 cm³/mol. The molecule has 1 aliphatic rings. The number of aliphatic hydroxyl groups excluding tert-OH is 1. The number of hydrogen-bond donors (Lipinski definition) is 3. The maximum Gasteiger partial charge on any atom is 0.224 e. The van der Waals surface area contributed by atoms with Crippen LogP contribution in [0.1, 0.15) is 42.9 Å².